The summed E-state index contributed by atoms with van der Waals surface area (Å²) in [5, 5.41) is 23.3. The summed E-state index contributed by atoms with van der Waals surface area (Å²) in [6.45, 7) is 4.50. The minimum Gasteiger partial charge on any atom is -0.490 e. The summed E-state index contributed by atoms with van der Waals surface area (Å²) in [6, 6.07) is 17.4. The molecule has 0 bridgehead atoms. The van der Waals surface area contributed by atoms with E-state index in [2.05, 4.69) is 17.1 Å². The highest BCUT2D eigenvalue weighted by Crippen LogP contribution is 2.27. The molecular formula is C28H37N3O5. The van der Waals surface area contributed by atoms with Crippen LogP contribution in [0, 0.1) is 5.92 Å². The second-order valence-electron chi connectivity index (χ2n) is 9.90. The van der Waals surface area contributed by atoms with Crippen molar-refractivity contribution in [2.75, 3.05) is 31.1 Å². The van der Waals surface area contributed by atoms with Crippen LogP contribution in [-0.2, 0) is 16.1 Å². The van der Waals surface area contributed by atoms with Crippen LogP contribution in [0.3, 0.4) is 0 Å². The molecule has 0 spiro atoms. The van der Waals surface area contributed by atoms with Crippen molar-refractivity contribution < 1.29 is 24.5 Å². The SMILES string of the molecule is CC1CCC(Oc2ccc(CNC(=O)[C@H](O)[C@@H](O)C(=O)N3CCN(c4ccccc4)CC3)cc2)CC1. The fourth-order valence-corrected chi connectivity index (χ4v) is 4.81. The van der Waals surface area contributed by atoms with Gasteiger partial charge in [-0.25, -0.2) is 0 Å². The van der Waals surface area contributed by atoms with E-state index in [1.165, 1.54) is 17.7 Å². The molecule has 36 heavy (non-hydrogen) atoms. The van der Waals surface area contributed by atoms with E-state index in [-0.39, 0.29) is 12.6 Å². The normalized spacial score (nSPS) is 22.0. The fraction of sp³-hybridized carbons (Fsp3) is 0.500. The monoisotopic (exact) mass is 495 g/mol. The van der Waals surface area contributed by atoms with Crippen molar-refractivity contribution >= 4 is 17.5 Å². The molecule has 2 fully saturated rings. The Morgan fingerprint density at radius 3 is 2.19 bits per heavy atom. The first kappa shape index (κ1) is 26.0. The lowest BCUT2D eigenvalue weighted by atomic mass is 9.89. The van der Waals surface area contributed by atoms with E-state index in [0.29, 0.717) is 26.2 Å². The summed E-state index contributed by atoms with van der Waals surface area (Å²) in [4.78, 5) is 28.7. The number of rotatable bonds is 8. The molecule has 194 valence electrons. The molecule has 1 saturated carbocycles. The fourth-order valence-electron chi connectivity index (χ4n) is 4.81. The van der Waals surface area contributed by atoms with E-state index in [4.69, 9.17) is 4.74 Å². The van der Waals surface area contributed by atoms with Crippen LogP contribution in [0.4, 0.5) is 5.69 Å². The van der Waals surface area contributed by atoms with E-state index < -0.39 is 24.0 Å². The van der Waals surface area contributed by atoms with Crippen molar-refractivity contribution in [2.45, 2.75) is 57.5 Å². The predicted molar refractivity (Wildman–Crippen MR) is 138 cm³/mol. The maximum Gasteiger partial charge on any atom is 0.254 e. The number of benzene rings is 2. The van der Waals surface area contributed by atoms with Gasteiger partial charge in [0.25, 0.3) is 11.8 Å². The molecule has 8 nitrogen and oxygen atoms in total. The molecule has 2 aromatic carbocycles. The van der Waals surface area contributed by atoms with E-state index >= 15 is 0 Å². The highest BCUT2D eigenvalue weighted by atomic mass is 16.5. The second kappa shape index (κ2) is 12.2. The van der Waals surface area contributed by atoms with Gasteiger partial charge in [0.2, 0.25) is 0 Å². The second-order valence-corrected chi connectivity index (χ2v) is 9.90. The van der Waals surface area contributed by atoms with Crippen molar-refractivity contribution in [1.82, 2.24) is 10.2 Å². The first-order chi connectivity index (χ1) is 17.4. The number of carbonyl (C=O) groups is 2. The van der Waals surface area contributed by atoms with Crippen LogP contribution >= 0.6 is 0 Å². The number of hydrogen-bond donors (Lipinski definition) is 3. The lowest BCUT2D eigenvalue weighted by molar-refractivity contribution is -0.153. The number of aliphatic hydroxyl groups excluding tert-OH is 2. The Morgan fingerprint density at radius 1 is 0.917 bits per heavy atom. The van der Waals surface area contributed by atoms with Crippen LogP contribution < -0.4 is 15.0 Å². The number of para-hydroxylation sites is 1. The zero-order chi connectivity index (χ0) is 25.5. The molecule has 8 heteroatoms. The van der Waals surface area contributed by atoms with Gasteiger partial charge in [-0.1, -0.05) is 37.3 Å². The lowest BCUT2D eigenvalue weighted by Crippen LogP contribution is -2.55. The lowest BCUT2D eigenvalue weighted by Gasteiger charge is -2.37. The van der Waals surface area contributed by atoms with Gasteiger partial charge in [0.05, 0.1) is 6.10 Å². The Bertz CT molecular complexity index is 984. The van der Waals surface area contributed by atoms with E-state index in [1.807, 2.05) is 54.6 Å². The Hall–Kier alpha value is -3.10. The van der Waals surface area contributed by atoms with Gasteiger partial charge in [0.1, 0.15) is 5.75 Å². The Kier molecular flexibility index (Phi) is 8.83. The Morgan fingerprint density at radius 2 is 1.56 bits per heavy atom. The maximum absolute atomic E-state index is 12.7. The van der Waals surface area contributed by atoms with Gasteiger partial charge >= 0.3 is 0 Å². The molecule has 2 atom stereocenters. The maximum atomic E-state index is 12.7. The van der Waals surface area contributed by atoms with Crippen molar-refractivity contribution in [3.05, 3.63) is 60.2 Å². The number of nitrogens with zero attached hydrogens (tertiary/aromatic N) is 2. The zero-order valence-electron chi connectivity index (χ0n) is 20.9. The third kappa shape index (κ3) is 6.77. The van der Waals surface area contributed by atoms with Crippen molar-refractivity contribution in [2.24, 2.45) is 5.92 Å². The first-order valence-corrected chi connectivity index (χ1v) is 12.9. The molecule has 2 aliphatic rings. The standard InChI is InChI=1S/C28H37N3O5/c1-20-7-11-23(12-8-20)36-24-13-9-21(10-14-24)19-29-27(34)25(32)26(33)28(35)31-17-15-30(16-18-31)22-5-3-2-4-6-22/h2-6,9-10,13-14,20,23,25-26,32-33H,7-8,11-12,15-19H2,1H3,(H,29,34)/t20?,23?,25-,26-/m1/s1. The topological polar surface area (TPSA) is 102 Å². The number of aliphatic hydroxyl groups is 2. The summed E-state index contributed by atoms with van der Waals surface area (Å²) in [7, 11) is 0. The smallest absolute Gasteiger partial charge is 0.254 e. The van der Waals surface area contributed by atoms with Crippen LogP contribution in [0.25, 0.3) is 0 Å². The number of piperazine rings is 1. The van der Waals surface area contributed by atoms with Crippen LogP contribution in [0.15, 0.2) is 54.6 Å². The minimum absolute atomic E-state index is 0.174. The van der Waals surface area contributed by atoms with Gasteiger partial charge in [0, 0.05) is 38.4 Å². The number of amides is 2. The number of carbonyl (C=O) groups excluding carboxylic acids is 2. The van der Waals surface area contributed by atoms with E-state index in [9.17, 15) is 19.8 Å². The Labute approximate surface area is 212 Å². The van der Waals surface area contributed by atoms with Gasteiger partial charge in [-0.05, 0) is 61.4 Å². The average Bonchev–Trinajstić information content (AvgIpc) is 2.93. The molecular weight excluding hydrogens is 458 g/mol. The number of hydrogen-bond acceptors (Lipinski definition) is 6. The molecule has 2 aromatic rings. The summed E-state index contributed by atoms with van der Waals surface area (Å²) in [5.41, 5.74) is 1.91. The van der Waals surface area contributed by atoms with Crippen molar-refractivity contribution in [3.8, 4) is 5.75 Å². The number of nitrogens with one attached hydrogen (secondary N) is 1. The summed E-state index contributed by atoms with van der Waals surface area (Å²) in [6.07, 6.45) is 1.14. The van der Waals surface area contributed by atoms with Crippen molar-refractivity contribution in [3.63, 3.8) is 0 Å². The molecule has 0 aromatic heterocycles. The van der Waals surface area contributed by atoms with Gasteiger partial charge in [-0.2, -0.15) is 0 Å². The first-order valence-electron chi connectivity index (χ1n) is 12.9. The molecule has 3 N–H and O–H groups in total. The largest absolute Gasteiger partial charge is 0.490 e. The minimum atomic E-state index is -1.83. The molecule has 4 rings (SSSR count). The third-order valence-corrected chi connectivity index (χ3v) is 7.19. The van der Waals surface area contributed by atoms with Gasteiger partial charge < -0.3 is 30.1 Å². The molecule has 0 unspecified atom stereocenters. The molecule has 1 aliphatic heterocycles. The number of anilines is 1. The summed E-state index contributed by atoms with van der Waals surface area (Å²) >= 11 is 0. The van der Waals surface area contributed by atoms with Crippen LogP contribution in [-0.4, -0.2) is 71.4 Å². The van der Waals surface area contributed by atoms with Gasteiger partial charge in [-0.15, -0.1) is 0 Å². The molecule has 1 aliphatic carbocycles. The average molecular weight is 496 g/mol. The molecule has 1 saturated heterocycles. The van der Waals surface area contributed by atoms with Crippen LogP contribution in [0.1, 0.15) is 38.2 Å². The predicted octanol–water partition coefficient (Wildman–Crippen LogP) is 2.33. The zero-order valence-corrected chi connectivity index (χ0v) is 20.9. The highest BCUT2D eigenvalue weighted by Gasteiger charge is 2.34. The summed E-state index contributed by atoms with van der Waals surface area (Å²) in [5.74, 6) is 0.155. The molecule has 2 amide bonds. The van der Waals surface area contributed by atoms with E-state index in [1.54, 1.807) is 0 Å². The van der Waals surface area contributed by atoms with Crippen LogP contribution in [0.5, 0.6) is 5.75 Å². The Balaban J connectivity index is 1.20. The number of ether oxygens (including phenoxy) is 1. The van der Waals surface area contributed by atoms with Crippen LogP contribution in [0.2, 0.25) is 0 Å². The quantitative estimate of drug-likeness (QED) is 0.520. The highest BCUT2D eigenvalue weighted by molar-refractivity contribution is 5.90. The molecule has 1 heterocycles. The molecule has 0 radical (unpaired) electrons. The van der Waals surface area contributed by atoms with Crippen molar-refractivity contribution in [1.29, 1.82) is 0 Å². The third-order valence-electron chi connectivity index (χ3n) is 7.19. The summed E-state index contributed by atoms with van der Waals surface area (Å²) < 4.78 is 6.06. The van der Waals surface area contributed by atoms with Gasteiger partial charge in [0.15, 0.2) is 12.2 Å². The van der Waals surface area contributed by atoms with E-state index in [0.717, 1.165) is 35.8 Å². The van der Waals surface area contributed by atoms with Gasteiger partial charge in [-0.3, -0.25) is 9.59 Å².